The Kier molecular flexibility index (Phi) is 5.44. The summed E-state index contributed by atoms with van der Waals surface area (Å²) in [6.07, 6.45) is 0. The van der Waals surface area contributed by atoms with E-state index in [1.54, 1.807) is 17.0 Å². The average molecular weight is 346 g/mol. The second-order valence-corrected chi connectivity index (χ2v) is 7.75. The minimum absolute atomic E-state index is 0.0235. The first-order valence-electron chi connectivity index (χ1n) is 7.03. The lowest BCUT2D eigenvalue weighted by molar-refractivity contribution is -0.131. The fourth-order valence-electron chi connectivity index (χ4n) is 2.27. The normalized spacial score (nSPS) is 16.1. The third-order valence-electron chi connectivity index (χ3n) is 3.60. The number of benzene rings is 1. The summed E-state index contributed by atoms with van der Waals surface area (Å²) in [6, 6.07) is 4.75. The smallest absolute Gasteiger partial charge is 0.244 e. The van der Waals surface area contributed by atoms with Crippen LogP contribution >= 0.6 is 11.6 Å². The van der Waals surface area contributed by atoms with Gasteiger partial charge in [-0.2, -0.15) is 4.31 Å². The first-order chi connectivity index (χ1) is 10.3. The molecule has 0 aliphatic carbocycles. The molecule has 1 saturated heterocycles. The maximum absolute atomic E-state index is 12.5. The fraction of sp³-hybridized carbons (Fsp3) is 0.500. The van der Waals surface area contributed by atoms with E-state index >= 15 is 0 Å². The van der Waals surface area contributed by atoms with Gasteiger partial charge < -0.3 is 10.2 Å². The molecule has 22 heavy (non-hydrogen) atoms. The van der Waals surface area contributed by atoms with Crippen molar-refractivity contribution < 1.29 is 13.2 Å². The number of nitrogens with zero attached hydrogens (tertiary/aromatic N) is 2. The van der Waals surface area contributed by atoms with Gasteiger partial charge in [-0.05, 0) is 24.6 Å². The quantitative estimate of drug-likeness (QED) is 0.872. The average Bonchev–Trinajstić information content (AvgIpc) is 2.47. The maximum atomic E-state index is 12.5. The van der Waals surface area contributed by atoms with Crippen LogP contribution < -0.4 is 5.32 Å². The predicted molar refractivity (Wildman–Crippen MR) is 85.5 cm³/mol. The molecule has 0 bridgehead atoms. The summed E-state index contributed by atoms with van der Waals surface area (Å²) in [4.78, 5) is 13.9. The van der Waals surface area contributed by atoms with Gasteiger partial charge >= 0.3 is 0 Å². The third kappa shape index (κ3) is 3.78. The van der Waals surface area contributed by atoms with Crippen LogP contribution in [0.25, 0.3) is 0 Å². The first-order valence-corrected chi connectivity index (χ1v) is 8.85. The number of rotatable bonds is 4. The Labute approximate surface area is 136 Å². The Bertz CT molecular complexity index is 657. The van der Waals surface area contributed by atoms with Crippen molar-refractivity contribution in [2.45, 2.75) is 11.8 Å². The molecule has 1 aliphatic heterocycles. The van der Waals surface area contributed by atoms with Gasteiger partial charge in [0, 0.05) is 33.2 Å². The molecule has 0 radical (unpaired) electrons. The van der Waals surface area contributed by atoms with Gasteiger partial charge in [-0.25, -0.2) is 8.42 Å². The lowest BCUT2D eigenvalue weighted by atomic mass is 10.2. The van der Waals surface area contributed by atoms with Crippen LogP contribution in [0.15, 0.2) is 23.1 Å². The Hall–Kier alpha value is -1.15. The number of halogens is 1. The molecular formula is C14H20ClN3O3S. The van der Waals surface area contributed by atoms with Crippen molar-refractivity contribution in [1.29, 1.82) is 0 Å². The molecule has 1 fully saturated rings. The number of aryl methyl sites for hydroxylation is 1. The van der Waals surface area contributed by atoms with E-state index in [0.29, 0.717) is 13.1 Å². The van der Waals surface area contributed by atoms with Gasteiger partial charge in [0.25, 0.3) is 0 Å². The summed E-state index contributed by atoms with van der Waals surface area (Å²) in [5.74, 6) is -0.198. The topological polar surface area (TPSA) is 69.7 Å². The third-order valence-corrected chi connectivity index (χ3v) is 5.89. The highest BCUT2D eigenvalue weighted by Gasteiger charge is 2.27. The van der Waals surface area contributed by atoms with Gasteiger partial charge in [0.1, 0.15) is 4.90 Å². The maximum Gasteiger partial charge on any atom is 0.244 e. The van der Waals surface area contributed by atoms with Crippen molar-refractivity contribution in [3.8, 4) is 0 Å². The molecule has 0 spiro atoms. The number of sulfonamides is 1. The molecule has 2 rings (SSSR count). The summed E-state index contributed by atoms with van der Waals surface area (Å²) in [6.45, 7) is 4.29. The molecule has 1 amide bonds. The van der Waals surface area contributed by atoms with Crippen LogP contribution in [0.5, 0.6) is 0 Å². The van der Waals surface area contributed by atoms with E-state index in [-0.39, 0.29) is 22.4 Å². The van der Waals surface area contributed by atoms with Gasteiger partial charge in [-0.15, -0.1) is 0 Å². The van der Waals surface area contributed by atoms with Gasteiger partial charge in [-0.3, -0.25) is 4.79 Å². The van der Waals surface area contributed by atoms with Crippen molar-refractivity contribution in [2.24, 2.45) is 0 Å². The molecule has 1 aromatic carbocycles. The van der Waals surface area contributed by atoms with E-state index in [0.717, 1.165) is 23.0 Å². The Morgan fingerprint density at radius 1 is 1.36 bits per heavy atom. The number of piperazine rings is 1. The molecule has 0 unspecified atom stereocenters. The van der Waals surface area contributed by atoms with E-state index in [9.17, 15) is 13.2 Å². The van der Waals surface area contributed by atoms with Crippen LogP contribution in [-0.2, 0) is 14.8 Å². The molecule has 1 aliphatic rings. The summed E-state index contributed by atoms with van der Waals surface area (Å²) in [5, 5.41) is 3.32. The Balaban J connectivity index is 2.13. The van der Waals surface area contributed by atoms with E-state index in [4.69, 9.17) is 11.6 Å². The van der Waals surface area contributed by atoms with E-state index in [1.165, 1.54) is 13.1 Å². The highest BCUT2D eigenvalue weighted by Crippen LogP contribution is 2.25. The standard InChI is InChI=1S/C14H20ClN3O3S/c1-11-3-4-13(12(15)9-11)22(20,21)17(2)10-14(19)18-7-5-16-6-8-18/h3-4,9,16H,5-8,10H2,1-2H3. The highest BCUT2D eigenvalue weighted by molar-refractivity contribution is 7.89. The predicted octanol–water partition coefficient (Wildman–Crippen LogP) is 0.701. The van der Waals surface area contributed by atoms with E-state index < -0.39 is 10.0 Å². The zero-order valence-electron chi connectivity index (χ0n) is 12.7. The number of hydrogen-bond donors (Lipinski definition) is 1. The van der Waals surface area contributed by atoms with Crippen molar-refractivity contribution >= 4 is 27.5 Å². The van der Waals surface area contributed by atoms with Crippen LogP contribution in [0.1, 0.15) is 5.56 Å². The molecule has 1 N–H and O–H groups in total. The fourth-order valence-corrected chi connectivity index (χ4v) is 3.96. The van der Waals surface area contributed by atoms with Crippen molar-refractivity contribution in [3.63, 3.8) is 0 Å². The molecule has 0 atom stereocenters. The SMILES string of the molecule is Cc1ccc(S(=O)(=O)N(C)CC(=O)N2CCNCC2)c(Cl)c1. The summed E-state index contributed by atoms with van der Waals surface area (Å²) >= 11 is 6.03. The van der Waals surface area contributed by atoms with E-state index in [1.807, 2.05) is 6.92 Å². The number of hydrogen-bond acceptors (Lipinski definition) is 4. The summed E-state index contributed by atoms with van der Waals surface area (Å²) in [5.41, 5.74) is 0.878. The molecule has 0 aromatic heterocycles. The summed E-state index contributed by atoms with van der Waals surface area (Å²) < 4.78 is 26.1. The van der Waals surface area contributed by atoms with Crippen LogP contribution in [0, 0.1) is 6.92 Å². The number of carbonyl (C=O) groups excluding carboxylic acids is 1. The van der Waals surface area contributed by atoms with Crippen LogP contribution in [0.2, 0.25) is 5.02 Å². The molecule has 1 heterocycles. The molecular weight excluding hydrogens is 326 g/mol. The molecule has 122 valence electrons. The largest absolute Gasteiger partial charge is 0.339 e. The second-order valence-electron chi connectivity index (χ2n) is 5.33. The minimum Gasteiger partial charge on any atom is -0.339 e. The van der Waals surface area contributed by atoms with E-state index in [2.05, 4.69) is 5.32 Å². The van der Waals surface area contributed by atoms with Gasteiger partial charge in [0.15, 0.2) is 0 Å². The van der Waals surface area contributed by atoms with Crippen LogP contribution in [0.4, 0.5) is 0 Å². The Morgan fingerprint density at radius 3 is 2.59 bits per heavy atom. The van der Waals surface area contributed by atoms with Crippen LogP contribution in [-0.4, -0.2) is 63.3 Å². The molecule has 8 heteroatoms. The van der Waals surface area contributed by atoms with Gasteiger partial charge in [0.05, 0.1) is 11.6 Å². The van der Waals surface area contributed by atoms with Crippen molar-refractivity contribution in [1.82, 2.24) is 14.5 Å². The lowest BCUT2D eigenvalue weighted by Crippen LogP contribution is -2.49. The zero-order chi connectivity index (χ0) is 16.3. The number of amides is 1. The number of likely N-dealkylation sites (N-methyl/N-ethyl adjacent to an activating group) is 1. The molecule has 1 aromatic rings. The zero-order valence-corrected chi connectivity index (χ0v) is 14.2. The molecule has 0 saturated carbocycles. The number of carbonyl (C=O) groups is 1. The van der Waals surface area contributed by atoms with Crippen molar-refractivity contribution in [3.05, 3.63) is 28.8 Å². The Morgan fingerprint density at radius 2 is 2.00 bits per heavy atom. The monoisotopic (exact) mass is 345 g/mol. The van der Waals surface area contributed by atoms with Gasteiger partial charge in [0.2, 0.25) is 15.9 Å². The lowest BCUT2D eigenvalue weighted by Gasteiger charge is -2.29. The number of nitrogens with one attached hydrogen (secondary N) is 1. The highest BCUT2D eigenvalue weighted by atomic mass is 35.5. The van der Waals surface area contributed by atoms with Gasteiger partial charge in [-0.1, -0.05) is 17.7 Å². The first kappa shape index (κ1) is 17.2. The van der Waals surface area contributed by atoms with Crippen molar-refractivity contribution in [2.75, 3.05) is 39.8 Å². The minimum atomic E-state index is -3.78. The van der Waals surface area contributed by atoms with Crippen LogP contribution in [0.3, 0.4) is 0 Å². The molecule has 6 nitrogen and oxygen atoms in total. The second kappa shape index (κ2) is 6.95. The summed E-state index contributed by atoms with van der Waals surface area (Å²) in [7, 11) is -2.39.